The lowest BCUT2D eigenvalue weighted by Gasteiger charge is -1.96. The molecule has 0 aliphatic heterocycles. The minimum absolute atomic E-state index is 0.251. The van der Waals surface area contributed by atoms with Gasteiger partial charge in [0.2, 0.25) is 0 Å². The summed E-state index contributed by atoms with van der Waals surface area (Å²) >= 11 is 0. The van der Waals surface area contributed by atoms with Gasteiger partial charge in [-0.2, -0.15) is 9.99 Å². The van der Waals surface area contributed by atoms with E-state index in [1.54, 1.807) is 10.9 Å². The SMILES string of the molecule is O=[P+](O)CCn1ncc2ccccc21. The van der Waals surface area contributed by atoms with E-state index in [2.05, 4.69) is 5.10 Å². The number of aryl methyl sites for hydroxylation is 1. The van der Waals surface area contributed by atoms with Crippen LogP contribution in [0.2, 0.25) is 0 Å². The lowest BCUT2D eigenvalue weighted by Crippen LogP contribution is -2.01. The fraction of sp³-hybridized carbons (Fsp3) is 0.222. The smallest absolute Gasteiger partial charge is 0.260 e. The molecule has 5 heteroatoms. The highest BCUT2D eigenvalue weighted by Crippen LogP contribution is 2.16. The summed E-state index contributed by atoms with van der Waals surface area (Å²) in [6.45, 7) is 0.485. The van der Waals surface area contributed by atoms with E-state index < -0.39 is 8.03 Å². The minimum Gasteiger partial charge on any atom is -0.260 e. The van der Waals surface area contributed by atoms with E-state index in [1.807, 2.05) is 24.3 Å². The van der Waals surface area contributed by atoms with Crippen LogP contribution >= 0.6 is 8.03 Å². The highest BCUT2D eigenvalue weighted by molar-refractivity contribution is 7.37. The second kappa shape index (κ2) is 3.86. The number of hydrogen-bond donors (Lipinski definition) is 1. The van der Waals surface area contributed by atoms with Crippen molar-refractivity contribution in [3.8, 4) is 0 Å². The molecule has 1 aromatic heterocycles. The number of fused-ring (bicyclic) bond motifs is 1. The van der Waals surface area contributed by atoms with E-state index in [-0.39, 0.29) is 6.16 Å². The molecule has 14 heavy (non-hydrogen) atoms. The Hall–Kier alpha value is -1.25. The summed E-state index contributed by atoms with van der Waals surface area (Å²) in [5, 5.41) is 5.20. The Morgan fingerprint density at radius 1 is 1.43 bits per heavy atom. The van der Waals surface area contributed by atoms with Gasteiger partial charge in [-0.15, -0.1) is 0 Å². The molecule has 1 aromatic carbocycles. The second-order valence-electron chi connectivity index (χ2n) is 3.00. The molecule has 1 heterocycles. The molecule has 0 amide bonds. The molecule has 0 spiro atoms. The molecule has 0 aliphatic rings. The molecule has 0 saturated carbocycles. The minimum atomic E-state index is -2.07. The Balaban J connectivity index is 2.29. The molecule has 2 aromatic rings. The summed E-state index contributed by atoms with van der Waals surface area (Å²) < 4.78 is 12.3. The van der Waals surface area contributed by atoms with Crippen LogP contribution in [-0.4, -0.2) is 20.8 Å². The van der Waals surface area contributed by atoms with E-state index in [4.69, 9.17) is 4.89 Å². The third-order valence-corrected chi connectivity index (χ3v) is 2.64. The van der Waals surface area contributed by atoms with Gasteiger partial charge in [-0.1, -0.05) is 18.2 Å². The van der Waals surface area contributed by atoms with Crippen molar-refractivity contribution in [3.05, 3.63) is 30.5 Å². The number of rotatable bonds is 3. The van der Waals surface area contributed by atoms with E-state index >= 15 is 0 Å². The molecule has 0 saturated heterocycles. The second-order valence-corrected chi connectivity index (χ2v) is 4.15. The molecule has 4 nitrogen and oxygen atoms in total. The highest BCUT2D eigenvalue weighted by atomic mass is 31.1. The number of para-hydroxylation sites is 1. The molecule has 2 rings (SSSR count). The predicted molar refractivity (Wildman–Crippen MR) is 54.4 cm³/mol. The standard InChI is InChI=1S/C9H9N2O2P/c12-14(13)6-5-11-9-4-2-1-3-8(9)7-10-11/h1-4,7H,5-6H2/p+1. The molecule has 0 bridgehead atoms. The molecule has 0 fully saturated rings. The zero-order valence-electron chi connectivity index (χ0n) is 7.50. The van der Waals surface area contributed by atoms with E-state index in [0.717, 1.165) is 10.9 Å². The first-order valence-electron chi connectivity index (χ1n) is 4.31. The average molecular weight is 209 g/mol. The maximum absolute atomic E-state index is 10.5. The van der Waals surface area contributed by atoms with E-state index in [9.17, 15) is 4.57 Å². The van der Waals surface area contributed by atoms with Gasteiger partial charge in [0.15, 0.2) is 6.16 Å². The van der Waals surface area contributed by atoms with Crippen molar-refractivity contribution in [1.29, 1.82) is 0 Å². The first-order valence-corrected chi connectivity index (χ1v) is 5.71. The molecular weight excluding hydrogens is 199 g/mol. The lowest BCUT2D eigenvalue weighted by atomic mass is 10.3. The molecule has 1 N–H and O–H groups in total. The summed E-state index contributed by atoms with van der Waals surface area (Å²) in [7, 11) is -2.07. The quantitative estimate of drug-likeness (QED) is 0.784. The summed E-state index contributed by atoms with van der Waals surface area (Å²) in [5.74, 6) is 0. The molecule has 0 aliphatic carbocycles. The predicted octanol–water partition coefficient (Wildman–Crippen LogP) is 1.77. The van der Waals surface area contributed by atoms with Crippen molar-refractivity contribution in [2.75, 3.05) is 6.16 Å². The third-order valence-electron chi connectivity index (χ3n) is 2.05. The van der Waals surface area contributed by atoms with Gasteiger partial charge < -0.3 is 0 Å². The van der Waals surface area contributed by atoms with Crippen LogP contribution < -0.4 is 0 Å². The summed E-state index contributed by atoms with van der Waals surface area (Å²) in [5.41, 5.74) is 1.00. The summed E-state index contributed by atoms with van der Waals surface area (Å²) in [6, 6.07) is 7.80. The number of nitrogens with zero attached hydrogens (tertiary/aromatic N) is 2. The van der Waals surface area contributed by atoms with Gasteiger partial charge in [-0.05, 0) is 10.6 Å². The topological polar surface area (TPSA) is 55.1 Å². The largest absolute Gasteiger partial charge is 0.507 e. The molecular formula is C9H10N2O2P+. The normalized spacial score (nSPS) is 11.9. The van der Waals surface area contributed by atoms with Gasteiger partial charge in [-0.3, -0.25) is 4.68 Å². The Labute approximate surface area is 82.0 Å². The van der Waals surface area contributed by atoms with Crippen LogP contribution in [0.5, 0.6) is 0 Å². The van der Waals surface area contributed by atoms with Gasteiger partial charge in [0.25, 0.3) is 0 Å². The van der Waals surface area contributed by atoms with Crippen LogP contribution in [0.15, 0.2) is 30.5 Å². The molecule has 0 radical (unpaired) electrons. The summed E-state index contributed by atoms with van der Waals surface area (Å²) in [6.07, 6.45) is 2.01. The van der Waals surface area contributed by atoms with Crippen LogP contribution in [0, 0.1) is 0 Å². The van der Waals surface area contributed by atoms with Gasteiger partial charge in [-0.25, -0.2) is 0 Å². The third kappa shape index (κ3) is 1.81. The maximum atomic E-state index is 10.5. The number of benzene rings is 1. The van der Waals surface area contributed by atoms with Crippen LogP contribution in [0.3, 0.4) is 0 Å². The Kier molecular flexibility index (Phi) is 2.57. The van der Waals surface area contributed by atoms with Crippen molar-refractivity contribution < 1.29 is 9.46 Å². The van der Waals surface area contributed by atoms with E-state index in [1.165, 1.54) is 0 Å². The Morgan fingerprint density at radius 2 is 2.21 bits per heavy atom. The van der Waals surface area contributed by atoms with Gasteiger partial charge in [0, 0.05) is 5.39 Å². The highest BCUT2D eigenvalue weighted by Gasteiger charge is 2.11. The van der Waals surface area contributed by atoms with Crippen molar-refractivity contribution >= 4 is 18.9 Å². The first-order chi connectivity index (χ1) is 6.77. The van der Waals surface area contributed by atoms with Gasteiger partial charge >= 0.3 is 8.03 Å². The first kappa shape index (κ1) is 9.31. The fourth-order valence-electron chi connectivity index (χ4n) is 1.38. The van der Waals surface area contributed by atoms with Crippen molar-refractivity contribution in [2.45, 2.75) is 6.54 Å². The Morgan fingerprint density at radius 3 is 3.00 bits per heavy atom. The van der Waals surface area contributed by atoms with Crippen LogP contribution in [0.1, 0.15) is 0 Å². The number of aromatic nitrogens is 2. The van der Waals surface area contributed by atoms with Crippen molar-refractivity contribution in [3.63, 3.8) is 0 Å². The van der Waals surface area contributed by atoms with Crippen LogP contribution in [-0.2, 0) is 11.1 Å². The van der Waals surface area contributed by atoms with Crippen LogP contribution in [0.25, 0.3) is 10.9 Å². The molecule has 1 atom stereocenters. The van der Waals surface area contributed by atoms with E-state index in [0.29, 0.717) is 6.54 Å². The van der Waals surface area contributed by atoms with Crippen molar-refractivity contribution in [1.82, 2.24) is 9.78 Å². The average Bonchev–Trinajstić information content (AvgIpc) is 2.58. The lowest BCUT2D eigenvalue weighted by molar-refractivity contribution is 0.497. The summed E-state index contributed by atoms with van der Waals surface area (Å²) in [4.78, 5) is 8.69. The maximum Gasteiger partial charge on any atom is 0.507 e. The zero-order valence-corrected chi connectivity index (χ0v) is 8.39. The van der Waals surface area contributed by atoms with Crippen molar-refractivity contribution in [2.24, 2.45) is 0 Å². The monoisotopic (exact) mass is 209 g/mol. The van der Waals surface area contributed by atoms with Crippen LogP contribution in [0.4, 0.5) is 0 Å². The molecule has 72 valence electrons. The van der Waals surface area contributed by atoms with Gasteiger partial charge in [0.1, 0.15) is 0 Å². The Bertz CT molecular complexity index is 467. The number of hydrogen-bond acceptors (Lipinski definition) is 2. The molecule has 1 unspecified atom stereocenters. The fourth-order valence-corrected chi connectivity index (χ4v) is 1.74. The zero-order chi connectivity index (χ0) is 9.97. The van der Waals surface area contributed by atoms with Gasteiger partial charge in [0.05, 0.1) is 18.3 Å².